The van der Waals surface area contributed by atoms with E-state index in [0.717, 1.165) is 50.8 Å². The predicted octanol–water partition coefficient (Wildman–Crippen LogP) is 2.57. The fourth-order valence-corrected chi connectivity index (χ4v) is 2.63. The molecule has 1 fully saturated rings. The summed E-state index contributed by atoms with van der Waals surface area (Å²) in [4.78, 5) is 8.96. The monoisotopic (exact) mass is 306 g/mol. The van der Waals surface area contributed by atoms with Gasteiger partial charge in [0.15, 0.2) is 5.96 Å². The third kappa shape index (κ3) is 4.61. The van der Waals surface area contributed by atoms with Gasteiger partial charge in [0.1, 0.15) is 5.82 Å². The van der Waals surface area contributed by atoms with Gasteiger partial charge in [-0.1, -0.05) is 13.8 Å². The lowest BCUT2D eigenvalue weighted by Crippen LogP contribution is -2.52. The van der Waals surface area contributed by atoms with Crippen LogP contribution in [-0.4, -0.2) is 50.6 Å². The molecule has 0 aliphatic carbocycles. The number of nitrogens with one attached hydrogen (secondary N) is 1. The Morgan fingerprint density at radius 3 is 2.36 bits per heavy atom. The average molecular weight is 306 g/mol. The van der Waals surface area contributed by atoms with Crippen LogP contribution in [0.1, 0.15) is 20.3 Å². The van der Waals surface area contributed by atoms with Crippen LogP contribution in [0.15, 0.2) is 29.3 Å². The van der Waals surface area contributed by atoms with Gasteiger partial charge in [0.25, 0.3) is 0 Å². The molecule has 122 valence electrons. The molecular formula is C17H27FN4. The van der Waals surface area contributed by atoms with Crippen LogP contribution in [0.2, 0.25) is 0 Å². The number of rotatable bonds is 4. The second-order valence-electron chi connectivity index (χ2n) is 6.11. The summed E-state index contributed by atoms with van der Waals surface area (Å²) < 4.78 is 13.0. The molecule has 1 aliphatic rings. The molecule has 4 nitrogen and oxygen atoms in total. The Morgan fingerprint density at radius 1 is 1.18 bits per heavy atom. The van der Waals surface area contributed by atoms with Gasteiger partial charge >= 0.3 is 0 Å². The molecule has 0 radical (unpaired) electrons. The Hall–Kier alpha value is -1.78. The normalized spacial score (nSPS) is 16.3. The molecule has 0 bridgehead atoms. The number of halogens is 1. The van der Waals surface area contributed by atoms with Gasteiger partial charge in [-0.3, -0.25) is 4.99 Å². The van der Waals surface area contributed by atoms with Crippen molar-refractivity contribution in [3.05, 3.63) is 30.1 Å². The van der Waals surface area contributed by atoms with Crippen LogP contribution in [0.25, 0.3) is 0 Å². The smallest absolute Gasteiger partial charge is 0.193 e. The molecule has 1 aliphatic heterocycles. The third-order valence-corrected chi connectivity index (χ3v) is 3.99. The molecular weight excluding hydrogens is 279 g/mol. The van der Waals surface area contributed by atoms with Gasteiger partial charge in [0, 0.05) is 45.5 Å². The summed E-state index contributed by atoms with van der Waals surface area (Å²) in [6, 6.07) is 6.74. The first-order valence-corrected chi connectivity index (χ1v) is 8.06. The van der Waals surface area contributed by atoms with Crippen LogP contribution >= 0.6 is 0 Å². The van der Waals surface area contributed by atoms with Gasteiger partial charge in [-0.25, -0.2) is 4.39 Å². The Morgan fingerprint density at radius 2 is 1.82 bits per heavy atom. The van der Waals surface area contributed by atoms with E-state index in [9.17, 15) is 4.39 Å². The van der Waals surface area contributed by atoms with Crippen molar-refractivity contribution in [3.63, 3.8) is 0 Å². The highest BCUT2D eigenvalue weighted by Gasteiger charge is 2.19. The van der Waals surface area contributed by atoms with E-state index < -0.39 is 0 Å². The number of hydrogen-bond donors (Lipinski definition) is 1. The average Bonchev–Trinajstić information content (AvgIpc) is 2.52. The van der Waals surface area contributed by atoms with Gasteiger partial charge in [-0.05, 0) is 36.6 Å². The van der Waals surface area contributed by atoms with Gasteiger partial charge < -0.3 is 15.1 Å². The number of aliphatic imine (C=N–C) groups is 1. The second kappa shape index (κ2) is 8.01. The lowest BCUT2D eigenvalue weighted by atomic mass is 10.1. The minimum Gasteiger partial charge on any atom is -0.368 e. The van der Waals surface area contributed by atoms with Crippen molar-refractivity contribution in [1.29, 1.82) is 0 Å². The SMILES string of the molecule is CN=C(NCCC(C)C)N1CCN(c2ccc(F)cc2)CC1. The molecule has 1 saturated heterocycles. The van der Waals surface area contributed by atoms with Crippen LogP contribution in [0.4, 0.5) is 10.1 Å². The lowest BCUT2D eigenvalue weighted by molar-refractivity contribution is 0.371. The highest BCUT2D eigenvalue weighted by atomic mass is 19.1. The Kier molecular flexibility index (Phi) is 6.04. The zero-order chi connectivity index (χ0) is 15.9. The van der Waals surface area contributed by atoms with Gasteiger partial charge in [0.2, 0.25) is 0 Å². The van der Waals surface area contributed by atoms with Gasteiger partial charge in [0.05, 0.1) is 0 Å². The minimum atomic E-state index is -0.183. The van der Waals surface area contributed by atoms with Crippen LogP contribution in [0.3, 0.4) is 0 Å². The van der Waals surface area contributed by atoms with Crippen LogP contribution in [0, 0.1) is 11.7 Å². The summed E-state index contributed by atoms with van der Waals surface area (Å²) in [5, 5.41) is 3.44. The maximum atomic E-state index is 13.0. The summed E-state index contributed by atoms with van der Waals surface area (Å²) >= 11 is 0. The lowest BCUT2D eigenvalue weighted by Gasteiger charge is -2.37. The standard InChI is InChI=1S/C17H27FN4/c1-14(2)8-9-20-17(19-3)22-12-10-21(11-13-22)16-6-4-15(18)5-7-16/h4-7,14H,8-13H2,1-3H3,(H,19,20). The molecule has 22 heavy (non-hydrogen) atoms. The number of benzene rings is 1. The van der Waals surface area contributed by atoms with E-state index in [1.165, 1.54) is 12.1 Å². The Bertz CT molecular complexity index is 476. The number of nitrogens with zero attached hydrogens (tertiary/aromatic N) is 3. The molecule has 0 spiro atoms. The molecule has 0 atom stereocenters. The maximum Gasteiger partial charge on any atom is 0.193 e. The summed E-state index contributed by atoms with van der Waals surface area (Å²) in [6.07, 6.45) is 1.15. The molecule has 1 aromatic carbocycles. The molecule has 1 aromatic rings. The largest absolute Gasteiger partial charge is 0.368 e. The van der Waals surface area contributed by atoms with E-state index in [1.807, 2.05) is 19.2 Å². The summed E-state index contributed by atoms with van der Waals surface area (Å²) in [5.74, 6) is 1.50. The van der Waals surface area contributed by atoms with Gasteiger partial charge in [-0.15, -0.1) is 0 Å². The van der Waals surface area contributed by atoms with Crippen molar-refractivity contribution >= 4 is 11.6 Å². The van der Waals surface area contributed by atoms with Crippen LogP contribution in [-0.2, 0) is 0 Å². The highest BCUT2D eigenvalue weighted by molar-refractivity contribution is 5.80. The predicted molar refractivity (Wildman–Crippen MR) is 91.0 cm³/mol. The zero-order valence-corrected chi connectivity index (χ0v) is 13.8. The number of piperazine rings is 1. The van der Waals surface area contributed by atoms with Crippen molar-refractivity contribution in [2.75, 3.05) is 44.7 Å². The number of hydrogen-bond acceptors (Lipinski definition) is 2. The third-order valence-electron chi connectivity index (χ3n) is 3.99. The maximum absolute atomic E-state index is 13.0. The fourth-order valence-electron chi connectivity index (χ4n) is 2.63. The van der Waals surface area contributed by atoms with Crippen LogP contribution < -0.4 is 10.2 Å². The second-order valence-corrected chi connectivity index (χ2v) is 6.11. The first-order valence-electron chi connectivity index (χ1n) is 8.06. The van der Waals surface area contributed by atoms with Crippen molar-refractivity contribution < 1.29 is 4.39 Å². The summed E-state index contributed by atoms with van der Waals surface area (Å²) in [6.45, 7) is 9.13. The van der Waals surface area contributed by atoms with Gasteiger partial charge in [-0.2, -0.15) is 0 Å². The van der Waals surface area contributed by atoms with E-state index in [4.69, 9.17) is 0 Å². The zero-order valence-electron chi connectivity index (χ0n) is 13.8. The fraction of sp³-hybridized carbons (Fsp3) is 0.588. The van der Waals surface area contributed by atoms with E-state index in [0.29, 0.717) is 5.92 Å². The number of guanidine groups is 1. The van der Waals surface area contributed by atoms with Crippen molar-refractivity contribution in [3.8, 4) is 0 Å². The molecule has 0 aromatic heterocycles. The highest BCUT2D eigenvalue weighted by Crippen LogP contribution is 2.16. The minimum absolute atomic E-state index is 0.183. The van der Waals surface area contributed by atoms with E-state index in [1.54, 1.807) is 0 Å². The number of anilines is 1. The molecule has 5 heteroatoms. The van der Waals surface area contributed by atoms with E-state index in [-0.39, 0.29) is 5.82 Å². The summed E-state index contributed by atoms with van der Waals surface area (Å²) in [5.41, 5.74) is 1.09. The molecule has 2 rings (SSSR count). The van der Waals surface area contributed by atoms with Crippen molar-refractivity contribution in [2.24, 2.45) is 10.9 Å². The van der Waals surface area contributed by atoms with E-state index >= 15 is 0 Å². The van der Waals surface area contributed by atoms with E-state index in [2.05, 4.69) is 34.0 Å². The molecule has 1 N–H and O–H groups in total. The molecule has 0 saturated carbocycles. The Balaban J connectivity index is 1.84. The first kappa shape index (κ1) is 16.6. The van der Waals surface area contributed by atoms with Crippen molar-refractivity contribution in [1.82, 2.24) is 10.2 Å². The molecule has 0 amide bonds. The first-order chi connectivity index (χ1) is 10.6. The summed E-state index contributed by atoms with van der Waals surface area (Å²) in [7, 11) is 1.84. The van der Waals surface area contributed by atoms with Crippen LogP contribution in [0.5, 0.6) is 0 Å². The van der Waals surface area contributed by atoms with Crippen molar-refractivity contribution in [2.45, 2.75) is 20.3 Å². The molecule has 1 heterocycles. The quantitative estimate of drug-likeness (QED) is 0.685. The molecule has 0 unspecified atom stereocenters. The Labute approximate surface area is 133 Å². The topological polar surface area (TPSA) is 30.9 Å².